The number of amides is 1. The van der Waals surface area contributed by atoms with Gasteiger partial charge in [-0.25, -0.2) is 4.79 Å². The van der Waals surface area contributed by atoms with E-state index >= 15 is 0 Å². The van der Waals surface area contributed by atoms with Gasteiger partial charge < -0.3 is 14.6 Å². The van der Waals surface area contributed by atoms with E-state index in [0.29, 0.717) is 23.3 Å². The van der Waals surface area contributed by atoms with Gasteiger partial charge in [-0.05, 0) is 61.6 Å². The number of Topliss-reactive ketones (excluding diaryl/α,β-unsaturated/α-hetero) is 1. The molecule has 1 amide bonds. The molecule has 3 atom stereocenters. The van der Waals surface area contributed by atoms with E-state index in [2.05, 4.69) is 0 Å². The highest BCUT2D eigenvalue weighted by Crippen LogP contribution is 2.44. The van der Waals surface area contributed by atoms with E-state index in [1.165, 1.54) is 13.8 Å². The molecule has 6 nitrogen and oxygen atoms in total. The number of hydrogen-bond acceptors (Lipinski definition) is 5. The Bertz CT molecular complexity index is 1430. The molecule has 236 valence electrons. The minimum absolute atomic E-state index is 0.0311. The Morgan fingerprint density at radius 2 is 1.43 bits per heavy atom. The van der Waals surface area contributed by atoms with Gasteiger partial charge in [-0.15, -0.1) is 0 Å². The second-order valence-corrected chi connectivity index (χ2v) is 10.9. The number of halogens is 6. The van der Waals surface area contributed by atoms with Gasteiger partial charge in [0.15, 0.2) is 5.78 Å². The topological polar surface area (TPSA) is 76.1 Å². The summed E-state index contributed by atoms with van der Waals surface area (Å²) in [6.45, 7) is 1.48. The predicted molar refractivity (Wildman–Crippen MR) is 147 cm³/mol. The quantitative estimate of drug-likeness (QED) is 0.264. The van der Waals surface area contributed by atoms with Crippen LogP contribution in [0.2, 0.25) is 0 Å². The van der Waals surface area contributed by atoms with Crippen molar-refractivity contribution in [3.05, 3.63) is 107 Å². The van der Waals surface area contributed by atoms with Crippen LogP contribution in [-0.2, 0) is 38.8 Å². The van der Waals surface area contributed by atoms with Gasteiger partial charge in [0.1, 0.15) is 12.2 Å². The Hall–Kier alpha value is -3.90. The summed E-state index contributed by atoms with van der Waals surface area (Å²) >= 11 is 0. The van der Waals surface area contributed by atoms with Crippen LogP contribution < -0.4 is 0 Å². The van der Waals surface area contributed by atoms with Gasteiger partial charge in [-0.2, -0.15) is 26.3 Å². The molecular weight excluding hydrogens is 592 g/mol. The lowest BCUT2D eigenvalue weighted by atomic mass is 9.75. The summed E-state index contributed by atoms with van der Waals surface area (Å²) in [7, 11) is 0. The molecule has 0 bridgehead atoms. The number of hydrogen-bond donors (Lipinski definition) is 1. The number of ether oxygens (including phenoxy) is 2. The Balaban J connectivity index is 1.72. The molecule has 4 rings (SSSR count). The maximum Gasteiger partial charge on any atom is 0.416 e. The molecule has 1 heterocycles. The Labute approximate surface area is 250 Å². The number of ketones is 1. The second kappa shape index (κ2) is 12.6. The van der Waals surface area contributed by atoms with Crippen molar-refractivity contribution in [2.75, 3.05) is 13.2 Å². The lowest BCUT2D eigenvalue weighted by molar-refractivity contribution is -0.152. The first-order valence-electron chi connectivity index (χ1n) is 13.7. The van der Waals surface area contributed by atoms with Gasteiger partial charge in [-0.3, -0.25) is 9.69 Å². The molecule has 0 saturated carbocycles. The Morgan fingerprint density at radius 3 is 1.95 bits per heavy atom. The minimum Gasteiger partial charge on any atom is -0.445 e. The summed E-state index contributed by atoms with van der Waals surface area (Å²) in [4.78, 5) is 27.3. The smallest absolute Gasteiger partial charge is 0.416 e. The van der Waals surface area contributed by atoms with Crippen molar-refractivity contribution in [1.29, 1.82) is 0 Å². The second-order valence-electron chi connectivity index (χ2n) is 10.9. The summed E-state index contributed by atoms with van der Waals surface area (Å²) in [6, 6.07) is 18.4. The van der Waals surface area contributed by atoms with Crippen LogP contribution >= 0.6 is 0 Å². The maximum absolute atomic E-state index is 13.7. The van der Waals surface area contributed by atoms with Crippen molar-refractivity contribution in [1.82, 2.24) is 4.90 Å². The number of rotatable bonds is 8. The van der Waals surface area contributed by atoms with E-state index in [0.717, 1.165) is 4.90 Å². The minimum atomic E-state index is -5.04. The fourth-order valence-electron chi connectivity index (χ4n) is 5.22. The van der Waals surface area contributed by atoms with Gasteiger partial charge in [0.25, 0.3) is 0 Å². The van der Waals surface area contributed by atoms with Crippen LogP contribution in [0.25, 0.3) is 0 Å². The summed E-state index contributed by atoms with van der Waals surface area (Å²) in [5.41, 5.74) is -5.48. The average molecular weight is 624 g/mol. The number of carbonyl (C=O) groups is 2. The molecule has 0 aromatic heterocycles. The maximum atomic E-state index is 13.7. The number of piperidine rings is 1. The van der Waals surface area contributed by atoms with E-state index in [9.17, 15) is 41.0 Å². The molecule has 1 N–H and O–H groups in total. The predicted octanol–water partition coefficient (Wildman–Crippen LogP) is 7.45. The molecule has 12 heteroatoms. The van der Waals surface area contributed by atoms with Crippen LogP contribution in [-0.4, -0.2) is 40.6 Å². The largest absolute Gasteiger partial charge is 0.445 e. The number of carbonyl (C=O) groups excluding carboxylic acids is 2. The summed E-state index contributed by atoms with van der Waals surface area (Å²) in [5, 5.41) is 11.1. The number of alkyl halides is 6. The number of aliphatic hydroxyl groups is 1. The molecule has 1 saturated heterocycles. The molecule has 0 radical (unpaired) electrons. The molecule has 1 aliphatic rings. The lowest BCUT2D eigenvalue weighted by Gasteiger charge is -2.51. The normalized spacial score (nSPS) is 21.5. The van der Waals surface area contributed by atoms with Crippen molar-refractivity contribution >= 4 is 11.9 Å². The molecule has 1 fully saturated rings. The molecule has 1 unspecified atom stereocenters. The van der Waals surface area contributed by atoms with Gasteiger partial charge in [0.2, 0.25) is 0 Å². The fourth-order valence-corrected chi connectivity index (χ4v) is 5.22. The highest BCUT2D eigenvalue weighted by Gasteiger charge is 2.53. The van der Waals surface area contributed by atoms with E-state index < -0.39 is 65.8 Å². The molecule has 1 aliphatic heterocycles. The number of likely N-dealkylation sites (tertiary alicyclic amines) is 1. The Morgan fingerprint density at radius 1 is 0.886 bits per heavy atom. The van der Waals surface area contributed by atoms with Crippen LogP contribution in [0, 0.1) is 0 Å². The monoisotopic (exact) mass is 623 g/mol. The number of nitrogens with zero attached hydrogens (tertiary/aromatic N) is 1. The average Bonchev–Trinajstić information content (AvgIpc) is 2.99. The van der Waals surface area contributed by atoms with Crippen molar-refractivity contribution < 1.29 is 50.5 Å². The van der Waals surface area contributed by atoms with Gasteiger partial charge in [0, 0.05) is 0 Å². The summed E-state index contributed by atoms with van der Waals surface area (Å²) in [6.07, 6.45) is -12.4. The first kappa shape index (κ1) is 33.0. The third kappa shape index (κ3) is 7.24. The van der Waals surface area contributed by atoms with E-state index in [-0.39, 0.29) is 31.1 Å². The first-order chi connectivity index (χ1) is 20.5. The zero-order valence-electron chi connectivity index (χ0n) is 23.9. The SMILES string of the molecule is CC(=O)C1(O)CC[C@@](CO[C@H](C)c2cc(C(F)(F)F)cc(C(F)(F)F)c2)(c2ccccc2)N(C(=O)OCc2ccccc2)C1. The standard InChI is InChI=1S/C32H31F6NO5/c1-21(24-15-26(31(33,34)35)17-27(16-24)32(36,37)38)44-20-29(25-11-7-4-8-12-25)13-14-30(42,22(2)40)19-39(29)28(41)43-18-23-9-5-3-6-10-23/h3-12,15-17,21,42H,13-14,18-20H2,1-2H3/t21-,29-,30?/m1/s1. The van der Waals surface area contributed by atoms with Gasteiger partial charge >= 0.3 is 18.4 Å². The molecule has 0 spiro atoms. The third-order valence-corrected chi connectivity index (χ3v) is 7.93. The number of benzene rings is 3. The highest BCUT2D eigenvalue weighted by molar-refractivity contribution is 5.86. The molecule has 3 aromatic rings. The Kier molecular flexibility index (Phi) is 9.46. The lowest BCUT2D eigenvalue weighted by Crippen LogP contribution is -2.64. The number of β-amino-alcohol motifs (C(OH)–C–C–N with tert-alkyl or cyclic N) is 1. The molecule has 3 aromatic carbocycles. The summed E-state index contributed by atoms with van der Waals surface area (Å²) < 4.78 is 92.6. The van der Waals surface area contributed by atoms with Crippen molar-refractivity contribution in [3.8, 4) is 0 Å². The van der Waals surface area contributed by atoms with Crippen molar-refractivity contribution in [2.24, 2.45) is 0 Å². The molecule has 44 heavy (non-hydrogen) atoms. The van der Waals surface area contributed by atoms with E-state index in [4.69, 9.17) is 9.47 Å². The summed E-state index contributed by atoms with van der Waals surface area (Å²) in [5.74, 6) is -0.585. The van der Waals surface area contributed by atoms with Crippen LogP contribution in [0.3, 0.4) is 0 Å². The van der Waals surface area contributed by atoms with Crippen LogP contribution in [0.1, 0.15) is 60.6 Å². The first-order valence-corrected chi connectivity index (χ1v) is 13.7. The van der Waals surface area contributed by atoms with Gasteiger partial charge in [0.05, 0.1) is 35.9 Å². The van der Waals surface area contributed by atoms with Crippen molar-refractivity contribution in [3.63, 3.8) is 0 Å². The zero-order valence-corrected chi connectivity index (χ0v) is 23.9. The third-order valence-electron chi connectivity index (χ3n) is 7.93. The zero-order chi connectivity index (χ0) is 32.3. The molecule has 0 aliphatic carbocycles. The van der Waals surface area contributed by atoms with Crippen LogP contribution in [0.5, 0.6) is 0 Å². The van der Waals surface area contributed by atoms with Crippen LogP contribution in [0.4, 0.5) is 31.1 Å². The highest BCUT2D eigenvalue weighted by atomic mass is 19.4. The van der Waals surface area contributed by atoms with E-state index in [1.54, 1.807) is 60.7 Å². The fraction of sp³-hybridized carbons (Fsp3) is 0.375. The van der Waals surface area contributed by atoms with Crippen LogP contribution in [0.15, 0.2) is 78.9 Å². The van der Waals surface area contributed by atoms with Crippen molar-refractivity contribution in [2.45, 2.75) is 62.9 Å². The molecular formula is C32H31F6NO5. The van der Waals surface area contributed by atoms with E-state index in [1.807, 2.05) is 0 Å². The van der Waals surface area contributed by atoms with Gasteiger partial charge in [-0.1, -0.05) is 60.7 Å².